The lowest BCUT2D eigenvalue weighted by Gasteiger charge is -2.15. The number of hydrogen-bond donors (Lipinski definition) is 0. The summed E-state index contributed by atoms with van der Waals surface area (Å²) in [6.45, 7) is 0.136. The first-order chi connectivity index (χ1) is 8.75. The molecule has 0 unspecified atom stereocenters. The van der Waals surface area contributed by atoms with Gasteiger partial charge in [0.25, 0.3) is 0 Å². The lowest BCUT2D eigenvalue weighted by Crippen LogP contribution is -2.07. The number of rotatable bonds is 4. The summed E-state index contributed by atoms with van der Waals surface area (Å²) < 4.78 is 25.6. The Balaban J connectivity index is 1.77. The van der Waals surface area contributed by atoms with E-state index in [-0.39, 0.29) is 6.61 Å². The van der Waals surface area contributed by atoms with Gasteiger partial charge < -0.3 is 4.84 Å². The molecule has 97 valence electrons. The monoisotopic (exact) mass is 252 g/mol. The second kappa shape index (κ2) is 6.47. The van der Waals surface area contributed by atoms with Gasteiger partial charge in [-0.3, -0.25) is 0 Å². The second-order valence-electron chi connectivity index (χ2n) is 4.58. The van der Waals surface area contributed by atoms with Gasteiger partial charge in [-0.25, -0.2) is 8.78 Å². The third kappa shape index (κ3) is 3.79. The summed E-state index contributed by atoms with van der Waals surface area (Å²) in [4.78, 5) is 5.04. The predicted octanol–water partition coefficient (Wildman–Crippen LogP) is 3.92. The highest BCUT2D eigenvalue weighted by molar-refractivity contribution is 5.59. The second-order valence-corrected chi connectivity index (χ2v) is 4.58. The molecule has 1 radical (unpaired) electrons. The van der Waals surface area contributed by atoms with E-state index >= 15 is 0 Å². The maximum atomic E-state index is 12.9. The zero-order valence-corrected chi connectivity index (χ0v) is 10.2. The molecule has 0 bridgehead atoms. The van der Waals surface area contributed by atoms with Gasteiger partial charge in [-0.05, 0) is 30.5 Å². The van der Waals surface area contributed by atoms with Gasteiger partial charge in [-0.1, -0.05) is 30.5 Å². The Labute approximate surface area is 106 Å². The van der Waals surface area contributed by atoms with E-state index in [1.165, 1.54) is 25.3 Å². The van der Waals surface area contributed by atoms with Crippen LogP contribution in [-0.4, -0.2) is 6.21 Å². The van der Waals surface area contributed by atoms with Crippen LogP contribution in [0.25, 0.3) is 0 Å². The molecule has 0 heterocycles. The minimum Gasteiger partial charge on any atom is -0.391 e. The summed E-state index contributed by atoms with van der Waals surface area (Å²) >= 11 is 0. The first-order valence-electron chi connectivity index (χ1n) is 6.27. The van der Waals surface area contributed by atoms with Crippen molar-refractivity contribution in [2.45, 2.75) is 38.7 Å². The molecule has 0 aromatic heterocycles. The van der Waals surface area contributed by atoms with Crippen LogP contribution in [0.2, 0.25) is 0 Å². The molecule has 18 heavy (non-hydrogen) atoms. The average molecular weight is 252 g/mol. The Morgan fingerprint density at radius 1 is 1.17 bits per heavy atom. The Hall–Kier alpha value is -1.45. The lowest BCUT2D eigenvalue weighted by atomic mass is 9.90. The van der Waals surface area contributed by atoms with Crippen LogP contribution in [0.4, 0.5) is 8.78 Å². The normalized spacial score (nSPS) is 17.2. The first kappa shape index (κ1) is 13.0. The van der Waals surface area contributed by atoms with Gasteiger partial charge in [0.15, 0.2) is 11.6 Å². The maximum Gasteiger partial charge on any atom is 0.159 e. The molecule has 2 rings (SSSR count). The molecular formula is C14H16F2NO. The van der Waals surface area contributed by atoms with Gasteiger partial charge >= 0.3 is 0 Å². The van der Waals surface area contributed by atoms with Crippen molar-refractivity contribution in [2.24, 2.45) is 11.1 Å². The van der Waals surface area contributed by atoms with Crippen LogP contribution in [0.1, 0.15) is 37.7 Å². The molecule has 4 heteroatoms. The zero-order chi connectivity index (χ0) is 12.8. The lowest BCUT2D eigenvalue weighted by molar-refractivity contribution is 0.130. The van der Waals surface area contributed by atoms with E-state index in [0.717, 1.165) is 25.0 Å². The van der Waals surface area contributed by atoms with Gasteiger partial charge in [-0.15, -0.1) is 0 Å². The summed E-state index contributed by atoms with van der Waals surface area (Å²) in [6, 6.07) is 3.68. The molecule has 1 aliphatic rings. The third-order valence-electron chi connectivity index (χ3n) is 3.12. The van der Waals surface area contributed by atoms with Crippen LogP contribution in [0.3, 0.4) is 0 Å². The van der Waals surface area contributed by atoms with Crippen molar-refractivity contribution in [2.75, 3.05) is 0 Å². The predicted molar refractivity (Wildman–Crippen MR) is 65.2 cm³/mol. The Bertz CT molecular complexity index is 414. The molecule has 0 aliphatic heterocycles. The minimum atomic E-state index is -0.865. The van der Waals surface area contributed by atoms with Crippen molar-refractivity contribution in [3.8, 4) is 0 Å². The highest BCUT2D eigenvalue weighted by Crippen LogP contribution is 2.21. The van der Waals surface area contributed by atoms with Crippen molar-refractivity contribution in [3.63, 3.8) is 0 Å². The van der Waals surface area contributed by atoms with E-state index in [9.17, 15) is 8.78 Å². The van der Waals surface area contributed by atoms with E-state index in [2.05, 4.69) is 11.4 Å². The fourth-order valence-electron chi connectivity index (χ4n) is 2.08. The zero-order valence-electron chi connectivity index (χ0n) is 10.2. The van der Waals surface area contributed by atoms with Crippen molar-refractivity contribution in [1.29, 1.82) is 0 Å². The minimum absolute atomic E-state index is 0.136. The van der Waals surface area contributed by atoms with Crippen LogP contribution >= 0.6 is 0 Å². The van der Waals surface area contributed by atoms with E-state index in [4.69, 9.17) is 4.84 Å². The van der Waals surface area contributed by atoms with Crippen LogP contribution in [-0.2, 0) is 11.4 Å². The Morgan fingerprint density at radius 3 is 2.67 bits per heavy atom. The van der Waals surface area contributed by atoms with Crippen molar-refractivity contribution in [1.82, 2.24) is 0 Å². The SMILES string of the molecule is Fc1ccc(CO/N=[C]\C2CCCCC2)cc1F. The van der Waals surface area contributed by atoms with Crippen LogP contribution in [0.5, 0.6) is 0 Å². The molecule has 1 fully saturated rings. The van der Waals surface area contributed by atoms with E-state index in [1.54, 1.807) is 0 Å². The maximum absolute atomic E-state index is 12.9. The van der Waals surface area contributed by atoms with Crippen LogP contribution in [0.15, 0.2) is 23.4 Å². The fraction of sp³-hybridized carbons (Fsp3) is 0.500. The summed E-state index contributed by atoms with van der Waals surface area (Å²) in [6.07, 6.45) is 8.89. The first-order valence-corrected chi connectivity index (χ1v) is 6.27. The molecule has 1 aromatic rings. The Morgan fingerprint density at radius 2 is 1.94 bits per heavy atom. The molecule has 1 saturated carbocycles. The third-order valence-corrected chi connectivity index (χ3v) is 3.12. The van der Waals surface area contributed by atoms with Gasteiger partial charge in [-0.2, -0.15) is 0 Å². The van der Waals surface area contributed by atoms with E-state index in [1.807, 2.05) is 0 Å². The topological polar surface area (TPSA) is 21.6 Å². The van der Waals surface area contributed by atoms with E-state index in [0.29, 0.717) is 11.5 Å². The van der Waals surface area contributed by atoms with E-state index < -0.39 is 11.6 Å². The molecule has 0 amide bonds. The van der Waals surface area contributed by atoms with Gasteiger partial charge in [0.1, 0.15) is 12.8 Å². The largest absolute Gasteiger partial charge is 0.391 e. The highest BCUT2D eigenvalue weighted by atomic mass is 19.2. The molecule has 0 spiro atoms. The quantitative estimate of drug-likeness (QED) is 0.588. The molecule has 0 atom stereocenters. The smallest absolute Gasteiger partial charge is 0.159 e. The Kier molecular flexibility index (Phi) is 4.67. The van der Waals surface area contributed by atoms with Crippen LogP contribution in [0, 0.1) is 17.6 Å². The summed E-state index contributed by atoms with van der Waals surface area (Å²) in [5.74, 6) is -1.34. The molecule has 1 aliphatic carbocycles. The number of hydrogen-bond acceptors (Lipinski definition) is 2. The average Bonchev–Trinajstić information content (AvgIpc) is 2.40. The number of halogens is 2. The highest BCUT2D eigenvalue weighted by Gasteiger charge is 2.11. The van der Waals surface area contributed by atoms with Gasteiger partial charge in [0.2, 0.25) is 0 Å². The summed E-state index contributed by atoms with van der Waals surface area (Å²) in [5.41, 5.74) is 0.558. The fourth-order valence-corrected chi connectivity index (χ4v) is 2.08. The van der Waals surface area contributed by atoms with Crippen molar-refractivity contribution in [3.05, 3.63) is 35.4 Å². The summed E-state index contributed by atoms with van der Waals surface area (Å²) in [5, 5.41) is 3.78. The van der Waals surface area contributed by atoms with Crippen molar-refractivity contribution < 1.29 is 13.6 Å². The van der Waals surface area contributed by atoms with Gasteiger partial charge in [0.05, 0.1) is 0 Å². The summed E-state index contributed by atoms with van der Waals surface area (Å²) in [7, 11) is 0. The number of benzene rings is 1. The molecular weight excluding hydrogens is 236 g/mol. The van der Waals surface area contributed by atoms with Gasteiger partial charge in [0, 0.05) is 5.92 Å². The van der Waals surface area contributed by atoms with Crippen molar-refractivity contribution >= 4 is 6.21 Å². The molecule has 1 aromatic carbocycles. The molecule has 0 saturated heterocycles. The standard InChI is InChI=1S/C14H16F2NO/c15-13-7-6-12(8-14(13)16)10-18-17-9-11-4-2-1-3-5-11/h6-8,11H,1-5,10H2. The van der Waals surface area contributed by atoms with Crippen LogP contribution < -0.4 is 0 Å². The molecule has 2 nitrogen and oxygen atoms in total. The number of nitrogens with zero attached hydrogens (tertiary/aromatic N) is 1. The molecule has 0 N–H and O–H groups in total.